The summed E-state index contributed by atoms with van der Waals surface area (Å²) in [6.07, 6.45) is 2.24. The van der Waals surface area contributed by atoms with Crippen molar-refractivity contribution >= 4 is 11.6 Å². The molecule has 0 atom stereocenters. The molecule has 1 rings (SSSR count). The van der Waals surface area contributed by atoms with Crippen LogP contribution in [-0.2, 0) is 0 Å². The van der Waals surface area contributed by atoms with Gasteiger partial charge in [-0.05, 0) is 10.9 Å². The molecule has 1 heterocycles. The molecule has 3 nitrogen and oxygen atoms in total. The molecule has 0 aliphatic carbocycles. The second-order valence-electron chi connectivity index (χ2n) is 1.16. The summed E-state index contributed by atoms with van der Waals surface area (Å²) in [6.45, 7) is 0. The van der Waals surface area contributed by atoms with Crippen LogP contribution < -0.4 is 4.85 Å². The monoisotopic (exact) mass is 129 g/mol. The van der Waals surface area contributed by atoms with Crippen LogP contribution in [-0.4, -0.2) is 5.10 Å². The lowest BCUT2D eigenvalue weighted by molar-refractivity contribution is -0.673. The summed E-state index contributed by atoms with van der Waals surface area (Å²) < 4.78 is 0. The number of aromatic nitrogens is 2. The van der Waals surface area contributed by atoms with Crippen LogP contribution >= 0.6 is 11.6 Å². The van der Waals surface area contributed by atoms with Gasteiger partial charge in [0.2, 0.25) is 0 Å². The lowest BCUT2D eigenvalue weighted by Gasteiger charge is -1.86. The summed E-state index contributed by atoms with van der Waals surface area (Å²) in [4.78, 5) is 0.280. The average molecular weight is 130 g/mol. The number of hydrogen-bond donors (Lipinski definition) is 0. The van der Waals surface area contributed by atoms with Crippen LogP contribution in [0.2, 0.25) is 5.15 Å². The molecule has 0 bridgehead atoms. The zero-order chi connectivity index (χ0) is 5.98. The SMILES string of the molecule is [O-][n+]1[c]ccc(Cl)n1. The van der Waals surface area contributed by atoms with Crippen LogP contribution in [0, 0.1) is 11.4 Å². The Morgan fingerprint density at radius 2 is 2.62 bits per heavy atom. The van der Waals surface area contributed by atoms with Gasteiger partial charge < -0.3 is 5.21 Å². The number of nitrogens with zero attached hydrogens (tertiary/aromatic N) is 2. The van der Waals surface area contributed by atoms with Crippen LogP contribution in [0.15, 0.2) is 12.1 Å². The maximum atomic E-state index is 10.2. The third-order valence-corrected chi connectivity index (χ3v) is 0.794. The van der Waals surface area contributed by atoms with E-state index in [1.54, 1.807) is 0 Å². The smallest absolute Gasteiger partial charge is 0.319 e. The fraction of sp³-hybridized carbons (Fsp3) is 0. The Bertz CT molecular complexity index is 174. The first-order chi connectivity index (χ1) is 3.79. The van der Waals surface area contributed by atoms with E-state index in [4.69, 9.17) is 11.6 Å². The Kier molecular flexibility index (Phi) is 1.30. The third-order valence-electron chi connectivity index (χ3n) is 0.592. The molecule has 1 aromatic heterocycles. The first-order valence-electron chi connectivity index (χ1n) is 1.93. The summed E-state index contributed by atoms with van der Waals surface area (Å²) in [6, 6.07) is 2.89. The molecule has 0 aliphatic rings. The maximum absolute atomic E-state index is 10.2. The second kappa shape index (κ2) is 1.96. The Morgan fingerprint density at radius 1 is 1.88 bits per heavy atom. The minimum absolute atomic E-state index is 0.179. The fourth-order valence-electron chi connectivity index (χ4n) is 0.319. The Labute approximate surface area is 51.1 Å². The summed E-state index contributed by atoms with van der Waals surface area (Å²) in [7, 11) is 0. The standard InChI is InChI=1S/C4H2ClN2O/c5-4-2-1-3-7(8)6-4/h1-2H. The van der Waals surface area contributed by atoms with E-state index in [0.29, 0.717) is 0 Å². The first kappa shape index (κ1) is 5.31. The van der Waals surface area contributed by atoms with Crippen molar-refractivity contribution in [2.75, 3.05) is 0 Å². The average Bonchev–Trinajstić information content (AvgIpc) is 1.64. The van der Waals surface area contributed by atoms with Crippen molar-refractivity contribution in [3.05, 3.63) is 28.7 Å². The molecular formula is C4H2ClN2O. The van der Waals surface area contributed by atoms with E-state index >= 15 is 0 Å². The van der Waals surface area contributed by atoms with E-state index in [0.717, 1.165) is 0 Å². The van der Waals surface area contributed by atoms with Crippen molar-refractivity contribution in [2.45, 2.75) is 0 Å². The van der Waals surface area contributed by atoms with Crippen molar-refractivity contribution in [1.82, 2.24) is 5.10 Å². The highest BCUT2D eigenvalue weighted by atomic mass is 35.5. The maximum Gasteiger partial charge on any atom is 0.319 e. The highest BCUT2D eigenvalue weighted by Gasteiger charge is 1.91. The molecule has 0 saturated heterocycles. The van der Waals surface area contributed by atoms with Gasteiger partial charge in [0, 0.05) is 11.2 Å². The Hall–Kier alpha value is -0.830. The van der Waals surface area contributed by atoms with E-state index in [2.05, 4.69) is 11.3 Å². The van der Waals surface area contributed by atoms with Crippen molar-refractivity contribution in [3.63, 3.8) is 0 Å². The molecule has 0 fully saturated rings. The van der Waals surface area contributed by atoms with E-state index < -0.39 is 0 Å². The number of rotatable bonds is 0. The van der Waals surface area contributed by atoms with Crippen molar-refractivity contribution < 1.29 is 4.85 Å². The van der Waals surface area contributed by atoms with Crippen LogP contribution in [0.4, 0.5) is 0 Å². The zero-order valence-corrected chi connectivity index (χ0v) is 4.59. The summed E-state index contributed by atoms with van der Waals surface area (Å²) in [5.41, 5.74) is 0. The summed E-state index contributed by atoms with van der Waals surface area (Å²) >= 11 is 5.29. The van der Waals surface area contributed by atoms with Gasteiger partial charge in [-0.15, -0.1) is 0 Å². The highest BCUT2D eigenvalue weighted by molar-refractivity contribution is 6.29. The fourth-order valence-corrected chi connectivity index (χ4v) is 0.450. The molecule has 0 amide bonds. The minimum atomic E-state index is 0.179. The molecule has 0 aliphatic heterocycles. The molecule has 0 spiro atoms. The van der Waals surface area contributed by atoms with Gasteiger partial charge in [-0.2, -0.15) is 0 Å². The normalized spacial score (nSPS) is 9.12. The van der Waals surface area contributed by atoms with E-state index in [9.17, 15) is 5.21 Å². The largest absolute Gasteiger partial charge is 0.594 e. The summed E-state index contributed by atoms with van der Waals surface area (Å²) in [5.74, 6) is 0. The predicted octanol–water partition coefficient (Wildman–Crippen LogP) is 0.169. The molecule has 0 N–H and O–H groups in total. The number of halogens is 1. The van der Waals surface area contributed by atoms with Gasteiger partial charge in [-0.25, -0.2) is 0 Å². The quantitative estimate of drug-likeness (QED) is 0.370. The minimum Gasteiger partial charge on any atom is -0.594 e. The summed E-state index contributed by atoms with van der Waals surface area (Å²) in [5, 5.41) is 13.6. The first-order valence-corrected chi connectivity index (χ1v) is 2.31. The van der Waals surface area contributed by atoms with Crippen LogP contribution in [0.25, 0.3) is 0 Å². The Balaban J connectivity index is 3.08. The van der Waals surface area contributed by atoms with Crippen LogP contribution in [0.5, 0.6) is 0 Å². The lowest BCUT2D eigenvalue weighted by Crippen LogP contribution is -2.30. The van der Waals surface area contributed by atoms with E-state index in [-0.39, 0.29) is 10.00 Å². The van der Waals surface area contributed by atoms with Crippen molar-refractivity contribution in [2.24, 2.45) is 0 Å². The van der Waals surface area contributed by atoms with E-state index in [1.165, 1.54) is 12.1 Å². The van der Waals surface area contributed by atoms with Gasteiger partial charge in [0.25, 0.3) is 0 Å². The topological polar surface area (TPSA) is 39.8 Å². The van der Waals surface area contributed by atoms with E-state index in [1.807, 2.05) is 0 Å². The molecule has 0 saturated carbocycles. The molecule has 0 aromatic carbocycles. The van der Waals surface area contributed by atoms with Gasteiger partial charge in [-0.3, -0.25) is 0 Å². The molecule has 8 heavy (non-hydrogen) atoms. The third kappa shape index (κ3) is 1.07. The second-order valence-corrected chi connectivity index (χ2v) is 1.55. The van der Waals surface area contributed by atoms with Crippen LogP contribution in [0.1, 0.15) is 0 Å². The number of hydrogen-bond acceptors (Lipinski definition) is 2. The predicted molar refractivity (Wildman–Crippen MR) is 27.0 cm³/mol. The van der Waals surface area contributed by atoms with Crippen LogP contribution in [0.3, 0.4) is 0 Å². The van der Waals surface area contributed by atoms with Gasteiger partial charge in [0.05, 0.1) is 0 Å². The highest BCUT2D eigenvalue weighted by Crippen LogP contribution is 1.95. The van der Waals surface area contributed by atoms with Gasteiger partial charge in [0.15, 0.2) is 5.15 Å². The van der Waals surface area contributed by atoms with Crippen molar-refractivity contribution in [1.29, 1.82) is 0 Å². The molecule has 1 aromatic rings. The van der Waals surface area contributed by atoms with Gasteiger partial charge in [0.1, 0.15) is 0 Å². The molecule has 4 heteroatoms. The Morgan fingerprint density at radius 3 is 3.00 bits per heavy atom. The molecule has 41 valence electrons. The van der Waals surface area contributed by atoms with Crippen molar-refractivity contribution in [3.8, 4) is 0 Å². The molecule has 1 radical (unpaired) electrons. The lowest BCUT2D eigenvalue weighted by atomic mass is 10.6. The van der Waals surface area contributed by atoms with Gasteiger partial charge >= 0.3 is 6.20 Å². The molecular weight excluding hydrogens is 128 g/mol. The van der Waals surface area contributed by atoms with Gasteiger partial charge in [-0.1, -0.05) is 11.6 Å². The zero-order valence-electron chi connectivity index (χ0n) is 3.84. The molecule has 0 unspecified atom stereocenters.